The van der Waals surface area contributed by atoms with E-state index in [9.17, 15) is 4.79 Å². The molecule has 1 aliphatic heterocycles. The highest BCUT2D eigenvalue weighted by Gasteiger charge is 2.44. The number of hydrogen-bond acceptors (Lipinski definition) is 4. The van der Waals surface area contributed by atoms with E-state index in [4.69, 9.17) is 9.47 Å². The van der Waals surface area contributed by atoms with Crippen molar-refractivity contribution in [3.63, 3.8) is 0 Å². The van der Waals surface area contributed by atoms with Crippen molar-refractivity contribution >= 4 is 34.8 Å². The second-order valence-corrected chi connectivity index (χ2v) is 14.2. The van der Waals surface area contributed by atoms with Crippen LogP contribution in [0.25, 0.3) is 0 Å². The summed E-state index contributed by atoms with van der Waals surface area (Å²) >= 11 is 0. The van der Waals surface area contributed by atoms with Crippen LogP contribution in [0.4, 0.5) is 5.69 Å². The summed E-state index contributed by atoms with van der Waals surface area (Å²) in [7, 11) is -1.96. The van der Waals surface area contributed by atoms with Crippen LogP contribution < -0.4 is 25.6 Å². The minimum absolute atomic E-state index is 0.165. The summed E-state index contributed by atoms with van der Waals surface area (Å²) in [5.74, 6) is 0.725. The van der Waals surface area contributed by atoms with Crippen molar-refractivity contribution in [2.24, 2.45) is 0 Å². The molecule has 0 atom stereocenters. The first-order valence-electron chi connectivity index (χ1n) is 14.5. The maximum absolute atomic E-state index is 13.0. The van der Waals surface area contributed by atoms with Gasteiger partial charge in [0.1, 0.15) is 35.5 Å². The number of carbonyl (C=O) groups excluding carboxylic acids is 1. The predicted molar refractivity (Wildman–Crippen MR) is 174 cm³/mol. The first kappa shape index (κ1) is 27.8. The van der Waals surface area contributed by atoms with Crippen molar-refractivity contribution in [2.75, 3.05) is 17.8 Å². The fourth-order valence-electron chi connectivity index (χ4n) is 5.77. The lowest BCUT2D eigenvalue weighted by molar-refractivity contribution is -0.144. The van der Waals surface area contributed by atoms with Gasteiger partial charge in [-0.2, -0.15) is 0 Å². The van der Waals surface area contributed by atoms with E-state index < -0.39 is 7.26 Å². The zero-order valence-electron chi connectivity index (χ0n) is 23.6. The van der Waals surface area contributed by atoms with Gasteiger partial charge in [0, 0.05) is 24.2 Å². The maximum Gasteiger partial charge on any atom is 0.306 e. The van der Waals surface area contributed by atoms with Crippen molar-refractivity contribution in [1.82, 2.24) is 0 Å². The summed E-state index contributed by atoms with van der Waals surface area (Å²) in [4.78, 5) is 15.2. The van der Waals surface area contributed by atoms with Gasteiger partial charge in [0.05, 0.1) is 6.16 Å². The Kier molecular flexibility index (Phi) is 8.63. The molecule has 0 bridgehead atoms. The molecule has 0 aromatic heterocycles. The topological polar surface area (TPSA) is 38.8 Å². The molecule has 0 amide bonds. The molecule has 1 aliphatic rings. The molecule has 5 heteroatoms. The van der Waals surface area contributed by atoms with Gasteiger partial charge in [-0.25, -0.2) is 0 Å². The lowest BCUT2D eigenvalue weighted by atomic mass is 10.1. The minimum Gasteiger partial charge on any atom is -0.473 e. The van der Waals surface area contributed by atoms with Crippen molar-refractivity contribution in [3.8, 4) is 5.75 Å². The third kappa shape index (κ3) is 6.10. The highest BCUT2D eigenvalue weighted by Crippen LogP contribution is 2.55. The van der Waals surface area contributed by atoms with Gasteiger partial charge < -0.3 is 14.4 Å². The van der Waals surface area contributed by atoms with Crippen LogP contribution in [0.1, 0.15) is 24.0 Å². The molecule has 0 unspecified atom stereocenters. The molecule has 6 rings (SSSR count). The van der Waals surface area contributed by atoms with Crippen molar-refractivity contribution in [2.45, 2.75) is 26.0 Å². The first-order chi connectivity index (χ1) is 20.7. The van der Waals surface area contributed by atoms with Gasteiger partial charge in [0.25, 0.3) is 0 Å². The second-order valence-electron chi connectivity index (χ2n) is 10.6. The smallest absolute Gasteiger partial charge is 0.306 e. The molecule has 210 valence electrons. The number of nitrogens with zero attached hydrogens (tertiary/aromatic N) is 1. The molecule has 0 aliphatic carbocycles. The Labute approximate surface area is 248 Å². The molecule has 0 spiro atoms. The minimum atomic E-state index is -1.96. The largest absolute Gasteiger partial charge is 0.473 e. The van der Waals surface area contributed by atoms with Crippen LogP contribution in [0, 0.1) is 0 Å². The summed E-state index contributed by atoms with van der Waals surface area (Å²) in [6.45, 7) is 1.53. The molecule has 42 heavy (non-hydrogen) atoms. The van der Waals surface area contributed by atoms with E-state index in [2.05, 4.69) is 114 Å². The number of hydrogen-bond donors (Lipinski definition) is 0. The average Bonchev–Trinajstić information content (AvgIpc) is 3.07. The molecule has 0 N–H and O–H groups in total. The summed E-state index contributed by atoms with van der Waals surface area (Å²) < 4.78 is 11.8. The molecular formula is C37H35NO3P+. The number of esters is 1. The number of rotatable bonds is 10. The Bertz CT molecular complexity index is 1500. The summed E-state index contributed by atoms with van der Waals surface area (Å²) in [6.07, 6.45) is 2.02. The Hall–Kier alpha value is -4.40. The average molecular weight is 573 g/mol. The number of carbonyl (C=O) groups is 1. The van der Waals surface area contributed by atoms with Gasteiger partial charge in [-0.15, -0.1) is 0 Å². The molecule has 1 heterocycles. The Morgan fingerprint density at radius 2 is 1.26 bits per heavy atom. The molecule has 5 aromatic carbocycles. The third-order valence-corrected chi connectivity index (χ3v) is 12.4. The van der Waals surface area contributed by atoms with Gasteiger partial charge in [-0.3, -0.25) is 4.79 Å². The molecule has 0 saturated heterocycles. The van der Waals surface area contributed by atoms with Crippen LogP contribution in [-0.4, -0.2) is 18.9 Å². The molecular weight excluding hydrogens is 537 g/mol. The van der Waals surface area contributed by atoms with Crippen molar-refractivity contribution in [3.05, 3.63) is 151 Å². The van der Waals surface area contributed by atoms with Crippen LogP contribution in [0.15, 0.2) is 140 Å². The summed E-state index contributed by atoms with van der Waals surface area (Å²) in [5.41, 5.74) is 3.20. The number of benzene rings is 5. The van der Waals surface area contributed by atoms with Crippen molar-refractivity contribution in [1.29, 1.82) is 0 Å². The van der Waals surface area contributed by atoms with Crippen molar-refractivity contribution < 1.29 is 14.3 Å². The van der Waals surface area contributed by atoms with E-state index in [0.29, 0.717) is 13.2 Å². The summed E-state index contributed by atoms with van der Waals surface area (Å²) in [5, 5.41) is 3.99. The predicted octanol–water partition coefficient (Wildman–Crippen LogP) is 6.86. The molecule has 5 aromatic rings. The van der Waals surface area contributed by atoms with Gasteiger partial charge in [-0.05, 0) is 72.6 Å². The van der Waals surface area contributed by atoms with E-state index in [1.165, 1.54) is 15.9 Å². The van der Waals surface area contributed by atoms with E-state index in [1.54, 1.807) is 0 Å². The zero-order valence-corrected chi connectivity index (χ0v) is 24.5. The highest BCUT2D eigenvalue weighted by atomic mass is 31.2. The zero-order chi connectivity index (χ0) is 28.6. The Balaban J connectivity index is 1.13. The molecule has 0 saturated carbocycles. The Morgan fingerprint density at radius 3 is 1.83 bits per heavy atom. The third-order valence-electron chi connectivity index (χ3n) is 7.85. The van der Waals surface area contributed by atoms with Crippen LogP contribution in [-0.2, 0) is 22.7 Å². The van der Waals surface area contributed by atoms with Crippen LogP contribution in [0.5, 0.6) is 5.75 Å². The first-order valence-corrected chi connectivity index (χ1v) is 16.4. The van der Waals surface area contributed by atoms with E-state index >= 15 is 0 Å². The fraction of sp³-hybridized carbons (Fsp3) is 0.162. The molecule has 0 radical (unpaired) electrons. The maximum atomic E-state index is 13.0. The van der Waals surface area contributed by atoms with Crippen LogP contribution >= 0.6 is 7.26 Å². The van der Waals surface area contributed by atoms with Crippen LogP contribution in [0.3, 0.4) is 0 Å². The molecule has 4 nitrogen and oxygen atoms in total. The fourth-order valence-corrected chi connectivity index (χ4v) is 10.1. The summed E-state index contributed by atoms with van der Waals surface area (Å²) in [6, 6.07) is 48.7. The van der Waals surface area contributed by atoms with Gasteiger partial charge in [0.2, 0.25) is 0 Å². The van der Waals surface area contributed by atoms with Crippen LogP contribution in [0.2, 0.25) is 0 Å². The standard InChI is InChI=1S/C37H35NO3P/c39-37(40-28-30-23-24-36-31(26-30)27-38(29-41-36)32-14-5-1-6-15-32)22-13-25-42(33-16-7-2-8-17-33,34-18-9-3-10-19-34)35-20-11-4-12-21-35/h1-12,14-21,23-24,26H,13,22,25,27-29H2/q+1. The number of ether oxygens (including phenoxy) is 2. The SMILES string of the molecule is O=C(CCC[P+](c1ccccc1)(c1ccccc1)c1ccccc1)OCc1ccc2c(c1)CN(c1ccccc1)CO2. The number of para-hydroxylation sites is 1. The van der Waals surface area contributed by atoms with Gasteiger partial charge >= 0.3 is 5.97 Å². The highest BCUT2D eigenvalue weighted by molar-refractivity contribution is 7.95. The monoisotopic (exact) mass is 572 g/mol. The Morgan fingerprint density at radius 1 is 0.714 bits per heavy atom. The lowest BCUT2D eigenvalue weighted by Gasteiger charge is -2.31. The lowest BCUT2D eigenvalue weighted by Crippen LogP contribution is -2.33. The second kappa shape index (κ2) is 13.1. The van der Waals surface area contributed by atoms with E-state index in [0.717, 1.165) is 41.7 Å². The van der Waals surface area contributed by atoms with Gasteiger partial charge in [-0.1, -0.05) is 78.9 Å². The number of fused-ring (bicyclic) bond motifs is 1. The van der Waals surface area contributed by atoms with E-state index in [1.807, 2.05) is 30.3 Å². The quantitative estimate of drug-likeness (QED) is 0.135. The number of anilines is 1. The van der Waals surface area contributed by atoms with E-state index in [-0.39, 0.29) is 12.6 Å². The van der Waals surface area contributed by atoms with Gasteiger partial charge in [0.15, 0.2) is 6.73 Å². The normalized spacial score (nSPS) is 12.7. The molecule has 0 fully saturated rings.